The van der Waals surface area contributed by atoms with Crippen LogP contribution < -0.4 is 15.7 Å². The number of aromatic nitrogens is 2. The fraction of sp³-hybridized carbons (Fsp3) is 0.154. The van der Waals surface area contributed by atoms with Gasteiger partial charge in [-0.2, -0.15) is 5.10 Å². The molecular formula is C13H14N4O3. The third-order valence-corrected chi connectivity index (χ3v) is 2.48. The Bertz CT molecular complexity index is 694. The first-order valence-corrected chi connectivity index (χ1v) is 5.82. The molecule has 0 aliphatic heterocycles. The lowest BCUT2D eigenvalue weighted by Gasteiger charge is -2.03. The molecule has 104 valence electrons. The number of rotatable bonds is 4. The zero-order chi connectivity index (χ0) is 14.5. The van der Waals surface area contributed by atoms with Gasteiger partial charge in [0.2, 0.25) is 5.95 Å². The van der Waals surface area contributed by atoms with E-state index in [1.807, 2.05) is 0 Å². The zero-order valence-electron chi connectivity index (χ0n) is 11.0. The standard InChI is InChI=1S/C13H14N4O3/c1-8-5-12(19)16-13(15-8)17-14-7-9-6-10(20-2)3-4-11(9)18/h3-7,18H,1-2H3,(H2,15,16,17,19)/b14-7+. The van der Waals surface area contributed by atoms with Crippen molar-refractivity contribution in [3.05, 3.63) is 45.9 Å². The maximum atomic E-state index is 11.2. The molecule has 0 bridgehead atoms. The van der Waals surface area contributed by atoms with Gasteiger partial charge in [0.05, 0.1) is 13.3 Å². The van der Waals surface area contributed by atoms with Gasteiger partial charge < -0.3 is 9.84 Å². The van der Waals surface area contributed by atoms with Crippen molar-refractivity contribution in [2.45, 2.75) is 6.92 Å². The van der Waals surface area contributed by atoms with Gasteiger partial charge in [-0.05, 0) is 25.1 Å². The topological polar surface area (TPSA) is 99.6 Å². The number of aryl methyl sites for hydroxylation is 1. The highest BCUT2D eigenvalue weighted by Gasteiger charge is 2.01. The van der Waals surface area contributed by atoms with Crippen LogP contribution in [0.3, 0.4) is 0 Å². The average molecular weight is 274 g/mol. The van der Waals surface area contributed by atoms with Crippen LogP contribution in [0.1, 0.15) is 11.3 Å². The van der Waals surface area contributed by atoms with E-state index in [1.54, 1.807) is 19.1 Å². The summed E-state index contributed by atoms with van der Waals surface area (Å²) < 4.78 is 5.05. The molecule has 0 saturated carbocycles. The third kappa shape index (κ3) is 3.35. The van der Waals surface area contributed by atoms with E-state index in [-0.39, 0.29) is 17.3 Å². The molecule has 3 N–H and O–H groups in total. The molecule has 0 aliphatic carbocycles. The number of anilines is 1. The van der Waals surface area contributed by atoms with Gasteiger partial charge in [0.25, 0.3) is 5.56 Å². The molecule has 0 aliphatic rings. The van der Waals surface area contributed by atoms with Gasteiger partial charge in [-0.15, -0.1) is 0 Å². The Balaban J connectivity index is 2.15. The SMILES string of the molecule is COc1ccc(O)c(/C=N/Nc2nc(C)cc(=O)[nH]2)c1. The Kier molecular flexibility index (Phi) is 3.99. The number of phenols is 1. The fourth-order valence-corrected chi connectivity index (χ4v) is 1.56. The Hall–Kier alpha value is -2.83. The number of nitrogens with zero attached hydrogens (tertiary/aromatic N) is 2. The average Bonchev–Trinajstić information content (AvgIpc) is 2.40. The van der Waals surface area contributed by atoms with E-state index in [4.69, 9.17) is 4.74 Å². The van der Waals surface area contributed by atoms with Crippen molar-refractivity contribution < 1.29 is 9.84 Å². The third-order valence-electron chi connectivity index (χ3n) is 2.48. The largest absolute Gasteiger partial charge is 0.507 e. The number of H-pyrrole nitrogens is 1. The molecule has 1 heterocycles. The van der Waals surface area contributed by atoms with Crippen LogP contribution >= 0.6 is 0 Å². The van der Waals surface area contributed by atoms with E-state index in [1.165, 1.54) is 25.5 Å². The summed E-state index contributed by atoms with van der Waals surface area (Å²) in [5.41, 5.74) is 3.38. The molecule has 2 aromatic rings. The lowest BCUT2D eigenvalue weighted by atomic mass is 10.2. The van der Waals surface area contributed by atoms with Gasteiger partial charge >= 0.3 is 0 Å². The minimum atomic E-state index is -0.264. The highest BCUT2D eigenvalue weighted by atomic mass is 16.5. The second-order valence-electron chi connectivity index (χ2n) is 4.03. The summed E-state index contributed by atoms with van der Waals surface area (Å²) >= 11 is 0. The van der Waals surface area contributed by atoms with Crippen LogP contribution in [0.4, 0.5) is 5.95 Å². The number of hydrogen-bond acceptors (Lipinski definition) is 6. The van der Waals surface area contributed by atoms with E-state index in [2.05, 4.69) is 20.5 Å². The molecule has 1 aromatic carbocycles. The number of benzene rings is 1. The second kappa shape index (κ2) is 5.87. The van der Waals surface area contributed by atoms with Crippen LogP contribution in [-0.4, -0.2) is 28.4 Å². The van der Waals surface area contributed by atoms with Gasteiger partial charge in [0.1, 0.15) is 11.5 Å². The van der Waals surface area contributed by atoms with Gasteiger partial charge in [-0.3, -0.25) is 9.78 Å². The molecule has 0 radical (unpaired) electrons. The minimum absolute atomic E-state index is 0.0713. The Morgan fingerprint density at radius 3 is 2.95 bits per heavy atom. The van der Waals surface area contributed by atoms with Crippen molar-refractivity contribution in [1.82, 2.24) is 9.97 Å². The number of methoxy groups -OCH3 is 1. The second-order valence-corrected chi connectivity index (χ2v) is 4.03. The molecule has 2 rings (SSSR count). The lowest BCUT2D eigenvalue weighted by molar-refractivity contribution is 0.412. The molecule has 0 atom stereocenters. The van der Waals surface area contributed by atoms with Gasteiger partial charge in [-0.25, -0.2) is 10.4 Å². The normalized spacial score (nSPS) is 10.7. The van der Waals surface area contributed by atoms with Crippen LogP contribution in [0.5, 0.6) is 11.5 Å². The van der Waals surface area contributed by atoms with E-state index in [0.717, 1.165) is 0 Å². The number of phenolic OH excluding ortho intramolecular Hbond substituents is 1. The highest BCUT2D eigenvalue weighted by Crippen LogP contribution is 2.21. The fourth-order valence-electron chi connectivity index (χ4n) is 1.56. The van der Waals surface area contributed by atoms with E-state index < -0.39 is 0 Å². The molecule has 1 aromatic heterocycles. The van der Waals surface area contributed by atoms with Crippen LogP contribution in [0.15, 0.2) is 34.2 Å². The molecule has 0 unspecified atom stereocenters. The Labute approximate surface area is 115 Å². The van der Waals surface area contributed by atoms with E-state index in [9.17, 15) is 9.90 Å². The quantitative estimate of drug-likeness (QED) is 0.575. The zero-order valence-corrected chi connectivity index (χ0v) is 11.0. The lowest BCUT2D eigenvalue weighted by Crippen LogP contribution is -2.10. The van der Waals surface area contributed by atoms with Crippen LogP contribution in [-0.2, 0) is 0 Å². The summed E-state index contributed by atoms with van der Waals surface area (Å²) in [5.74, 6) is 0.905. The van der Waals surface area contributed by atoms with Crippen molar-refractivity contribution in [3.8, 4) is 11.5 Å². The van der Waals surface area contributed by atoms with Crippen molar-refractivity contribution in [3.63, 3.8) is 0 Å². The predicted molar refractivity (Wildman–Crippen MR) is 75.5 cm³/mol. The molecule has 7 nitrogen and oxygen atoms in total. The molecule has 0 saturated heterocycles. The van der Waals surface area contributed by atoms with Crippen molar-refractivity contribution >= 4 is 12.2 Å². The molecule has 20 heavy (non-hydrogen) atoms. The summed E-state index contributed by atoms with van der Waals surface area (Å²) in [4.78, 5) is 17.8. The van der Waals surface area contributed by atoms with Crippen LogP contribution in [0, 0.1) is 6.92 Å². The number of ether oxygens (including phenoxy) is 1. The van der Waals surface area contributed by atoms with Crippen LogP contribution in [0.2, 0.25) is 0 Å². The summed E-state index contributed by atoms with van der Waals surface area (Å²) in [6.45, 7) is 1.71. The number of aromatic hydroxyl groups is 1. The smallest absolute Gasteiger partial charge is 0.252 e. The number of hydrogen-bond donors (Lipinski definition) is 3. The number of aromatic amines is 1. The summed E-state index contributed by atoms with van der Waals surface area (Å²) in [6.07, 6.45) is 1.40. The van der Waals surface area contributed by atoms with Crippen molar-refractivity contribution in [2.24, 2.45) is 5.10 Å². The van der Waals surface area contributed by atoms with Crippen LogP contribution in [0.25, 0.3) is 0 Å². The molecule has 0 fully saturated rings. The first kappa shape index (κ1) is 13.6. The van der Waals surface area contributed by atoms with Gasteiger partial charge in [0, 0.05) is 17.3 Å². The van der Waals surface area contributed by atoms with Crippen molar-refractivity contribution in [1.29, 1.82) is 0 Å². The first-order chi connectivity index (χ1) is 9.58. The number of nitrogens with one attached hydrogen (secondary N) is 2. The van der Waals surface area contributed by atoms with Gasteiger partial charge in [-0.1, -0.05) is 0 Å². The van der Waals surface area contributed by atoms with Gasteiger partial charge in [0.15, 0.2) is 0 Å². The molecular weight excluding hydrogens is 260 g/mol. The highest BCUT2D eigenvalue weighted by molar-refractivity contribution is 5.84. The van der Waals surface area contributed by atoms with E-state index in [0.29, 0.717) is 17.0 Å². The molecule has 7 heteroatoms. The maximum absolute atomic E-state index is 11.2. The monoisotopic (exact) mass is 274 g/mol. The summed E-state index contributed by atoms with van der Waals surface area (Å²) in [5, 5.41) is 13.6. The maximum Gasteiger partial charge on any atom is 0.252 e. The molecule has 0 amide bonds. The Morgan fingerprint density at radius 1 is 1.45 bits per heavy atom. The van der Waals surface area contributed by atoms with Crippen molar-refractivity contribution in [2.75, 3.05) is 12.5 Å². The summed E-state index contributed by atoms with van der Waals surface area (Å²) in [6, 6.07) is 6.16. The first-order valence-electron chi connectivity index (χ1n) is 5.82. The minimum Gasteiger partial charge on any atom is -0.507 e. The number of hydrazone groups is 1. The summed E-state index contributed by atoms with van der Waals surface area (Å²) in [7, 11) is 1.53. The van der Waals surface area contributed by atoms with E-state index >= 15 is 0 Å². The Morgan fingerprint density at radius 2 is 2.25 bits per heavy atom. The molecule has 0 spiro atoms. The predicted octanol–water partition coefficient (Wildman–Crippen LogP) is 1.24.